The molecule has 1 aliphatic heterocycles. The fourth-order valence-electron chi connectivity index (χ4n) is 2.67. The zero-order valence-corrected chi connectivity index (χ0v) is 13.9. The van der Waals surface area contributed by atoms with Gasteiger partial charge in [-0.2, -0.15) is 13.2 Å². The summed E-state index contributed by atoms with van der Waals surface area (Å²) in [6.45, 7) is 1.97. The first-order valence-corrected chi connectivity index (χ1v) is 8.21. The van der Waals surface area contributed by atoms with Crippen LogP contribution in [-0.2, 0) is 12.7 Å². The highest BCUT2D eigenvalue weighted by Gasteiger charge is 2.30. The molecule has 0 unspecified atom stereocenters. The Morgan fingerprint density at radius 1 is 1.19 bits per heavy atom. The number of amides is 2. The summed E-state index contributed by atoms with van der Waals surface area (Å²) in [7, 11) is 0. The van der Waals surface area contributed by atoms with Crippen molar-refractivity contribution < 1.29 is 18.0 Å². The third-order valence-corrected chi connectivity index (χ3v) is 3.97. The number of carbonyl (C=O) groups is 1. The van der Waals surface area contributed by atoms with Crippen LogP contribution < -0.4 is 15.5 Å². The molecule has 6 nitrogen and oxygen atoms in total. The summed E-state index contributed by atoms with van der Waals surface area (Å²) in [5.41, 5.74) is -0.125. The maximum atomic E-state index is 12.7. The van der Waals surface area contributed by atoms with E-state index in [1.54, 1.807) is 12.3 Å². The molecule has 0 atom stereocenters. The van der Waals surface area contributed by atoms with Crippen LogP contribution in [0.5, 0.6) is 0 Å². The van der Waals surface area contributed by atoms with Gasteiger partial charge >= 0.3 is 12.2 Å². The summed E-state index contributed by atoms with van der Waals surface area (Å²) >= 11 is 0. The van der Waals surface area contributed by atoms with E-state index in [1.807, 2.05) is 0 Å². The molecule has 0 saturated carbocycles. The van der Waals surface area contributed by atoms with E-state index in [2.05, 4.69) is 25.5 Å². The van der Waals surface area contributed by atoms with Crippen LogP contribution in [0.15, 0.2) is 36.5 Å². The molecule has 9 heteroatoms. The first kappa shape index (κ1) is 18.0. The molecule has 2 heterocycles. The van der Waals surface area contributed by atoms with Crippen molar-refractivity contribution in [3.63, 3.8) is 0 Å². The standard InChI is InChI=1S/C17H18F3N5O/c18-17(19,20)12-4-3-5-13(10-12)24-16(26)22-11-14-6-7-21-15(23-14)25-8-1-2-9-25/h3-7,10H,1-2,8-9,11H2,(H2,22,24,26). The van der Waals surface area contributed by atoms with Gasteiger partial charge < -0.3 is 15.5 Å². The van der Waals surface area contributed by atoms with E-state index >= 15 is 0 Å². The number of urea groups is 1. The second kappa shape index (κ2) is 7.59. The topological polar surface area (TPSA) is 70.2 Å². The van der Waals surface area contributed by atoms with E-state index in [4.69, 9.17) is 0 Å². The van der Waals surface area contributed by atoms with E-state index in [0.29, 0.717) is 11.6 Å². The van der Waals surface area contributed by atoms with Gasteiger partial charge in [-0.15, -0.1) is 0 Å². The summed E-state index contributed by atoms with van der Waals surface area (Å²) < 4.78 is 38.1. The lowest BCUT2D eigenvalue weighted by atomic mass is 10.2. The van der Waals surface area contributed by atoms with Crippen LogP contribution in [0.1, 0.15) is 24.1 Å². The van der Waals surface area contributed by atoms with Gasteiger partial charge in [-0.25, -0.2) is 14.8 Å². The Hall–Kier alpha value is -2.84. The molecule has 0 bridgehead atoms. The van der Waals surface area contributed by atoms with Crippen molar-refractivity contribution in [2.75, 3.05) is 23.3 Å². The average molecular weight is 365 g/mol. The van der Waals surface area contributed by atoms with Gasteiger partial charge in [0.05, 0.1) is 17.8 Å². The Balaban J connectivity index is 1.57. The van der Waals surface area contributed by atoms with E-state index < -0.39 is 17.8 Å². The Bertz CT molecular complexity index is 775. The average Bonchev–Trinajstić information content (AvgIpc) is 3.14. The fourth-order valence-corrected chi connectivity index (χ4v) is 2.67. The number of rotatable bonds is 4. The Kier molecular flexibility index (Phi) is 5.24. The van der Waals surface area contributed by atoms with Crippen LogP contribution in [0.25, 0.3) is 0 Å². The maximum Gasteiger partial charge on any atom is 0.416 e. The van der Waals surface area contributed by atoms with Gasteiger partial charge in [-0.1, -0.05) is 6.07 Å². The SMILES string of the molecule is O=C(NCc1ccnc(N2CCCC2)n1)Nc1cccc(C(F)(F)F)c1. The lowest BCUT2D eigenvalue weighted by Crippen LogP contribution is -2.29. The Morgan fingerprint density at radius 3 is 2.69 bits per heavy atom. The second-order valence-electron chi connectivity index (χ2n) is 5.93. The van der Waals surface area contributed by atoms with Crippen molar-refractivity contribution in [2.45, 2.75) is 25.6 Å². The number of nitrogens with zero attached hydrogens (tertiary/aromatic N) is 3. The molecule has 1 aromatic carbocycles. The molecular formula is C17H18F3N5O. The summed E-state index contributed by atoms with van der Waals surface area (Å²) in [5.74, 6) is 0.625. The molecular weight excluding hydrogens is 347 g/mol. The van der Waals surface area contributed by atoms with Crippen molar-refractivity contribution in [3.05, 3.63) is 47.8 Å². The molecule has 2 N–H and O–H groups in total. The number of hydrogen-bond acceptors (Lipinski definition) is 4. The van der Waals surface area contributed by atoms with E-state index in [-0.39, 0.29) is 12.2 Å². The van der Waals surface area contributed by atoms with Gasteiger partial charge in [0.1, 0.15) is 0 Å². The number of aromatic nitrogens is 2. The van der Waals surface area contributed by atoms with Crippen LogP contribution >= 0.6 is 0 Å². The van der Waals surface area contributed by atoms with E-state index in [1.165, 1.54) is 12.1 Å². The first-order chi connectivity index (χ1) is 12.4. The van der Waals surface area contributed by atoms with Gasteiger partial charge in [-0.05, 0) is 37.1 Å². The Labute approximate surface area is 148 Å². The second-order valence-corrected chi connectivity index (χ2v) is 5.93. The van der Waals surface area contributed by atoms with Crippen molar-refractivity contribution in [2.24, 2.45) is 0 Å². The van der Waals surface area contributed by atoms with Gasteiger partial charge in [0.2, 0.25) is 5.95 Å². The molecule has 1 aromatic heterocycles. The molecule has 138 valence electrons. The number of halogens is 3. The van der Waals surface area contributed by atoms with Gasteiger partial charge in [-0.3, -0.25) is 0 Å². The summed E-state index contributed by atoms with van der Waals surface area (Å²) in [6.07, 6.45) is -0.625. The monoisotopic (exact) mass is 365 g/mol. The zero-order valence-electron chi connectivity index (χ0n) is 13.9. The molecule has 0 radical (unpaired) electrons. The molecule has 2 amide bonds. The number of anilines is 2. The first-order valence-electron chi connectivity index (χ1n) is 8.21. The van der Waals surface area contributed by atoms with Crippen molar-refractivity contribution in [3.8, 4) is 0 Å². The van der Waals surface area contributed by atoms with Crippen LogP contribution in [0.2, 0.25) is 0 Å². The molecule has 1 fully saturated rings. The molecule has 2 aromatic rings. The lowest BCUT2D eigenvalue weighted by molar-refractivity contribution is -0.137. The number of nitrogens with one attached hydrogen (secondary N) is 2. The number of carbonyl (C=O) groups excluding carboxylic acids is 1. The van der Waals surface area contributed by atoms with Crippen molar-refractivity contribution in [1.82, 2.24) is 15.3 Å². The highest BCUT2D eigenvalue weighted by molar-refractivity contribution is 5.89. The summed E-state index contributed by atoms with van der Waals surface area (Å²) in [5, 5.41) is 4.97. The fraction of sp³-hybridized carbons (Fsp3) is 0.353. The minimum absolute atomic E-state index is 0.0674. The van der Waals surface area contributed by atoms with E-state index in [9.17, 15) is 18.0 Å². The summed E-state index contributed by atoms with van der Waals surface area (Å²) in [6, 6.07) is 5.55. The van der Waals surface area contributed by atoms with Gasteiger partial charge in [0.25, 0.3) is 0 Å². The zero-order chi connectivity index (χ0) is 18.6. The molecule has 26 heavy (non-hydrogen) atoms. The van der Waals surface area contributed by atoms with Crippen molar-refractivity contribution in [1.29, 1.82) is 0 Å². The molecule has 0 spiro atoms. The number of alkyl halides is 3. The minimum atomic E-state index is -4.46. The predicted octanol–water partition coefficient (Wildman–Crippen LogP) is 3.42. The van der Waals surface area contributed by atoms with Crippen LogP contribution in [-0.4, -0.2) is 29.1 Å². The minimum Gasteiger partial charge on any atom is -0.341 e. The van der Waals surface area contributed by atoms with Crippen LogP contribution in [0.3, 0.4) is 0 Å². The predicted molar refractivity (Wildman–Crippen MR) is 90.8 cm³/mol. The van der Waals surface area contributed by atoms with Gasteiger partial charge in [0, 0.05) is 25.0 Å². The molecule has 1 aliphatic rings. The van der Waals surface area contributed by atoms with Crippen molar-refractivity contribution >= 4 is 17.7 Å². The molecule has 0 aliphatic carbocycles. The smallest absolute Gasteiger partial charge is 0.341 e. The highest BCUT2D eigenvalue weighted by Crippen LogP contribution is 2.30. The summed E-state index contributed by atoms with van der Waals surface area (Å²) in [4.78, 5) is 22.6. The third-order valence-electron chi connectivity index (χ3n) is 3.97. The van der Waals surface area contributed by atoms with E-state index in [0.717, 1.165) is 38.1 Å². The quantitative estimate of drug-likeness (QED) is 0.871. The van der Waals surface area contributed by atoms with Crippen LogP contribution in [0.4, 0.5) is 29.6 Å². The number of benzene rings is 1. The Morgan fingerprint density at radius 2 is 1.96 bits per heavy atom. The highest BCUT2D eigenvalue weighted by atomic mass is 19.4. The molecule has 1 saturated heterocycles. The molecule has 3 rings (SSSR count). The lowest BCUT2D eigenvalue weighted by Gasteiger charge is -2.15. The van der Waals surface area contributed by atoms with Gasteiger partial charge in [0.15, 0.2) is 0 Å². The third kappa shape index (κ3) is 4.62. The number of hydrogen-bond donors (Lipinski definition) is 2. The normalized spacial score (nSPS) is 14.3. The largest absolute Gasteiger partial charge is 0.416 e. The van der Waals surface area contributed by atoms with Crippen LogP contribution in [0, 0.1) is 0 Å². The maximum absolute atomic E-state index is 12.7.